The number of benzene rings is 1. The number of carboxylic acid groups (broad SMARTS) is 1. The second-order valence-corrected chi connectivity index (χ2v) is 5.00. The quantitative estimate of drug-likeness (QED) is 0.645. The Morgan fingerprint density at radius 3 is 2.65 bits per heavy atom. The minimum absolute atomic E-state index is 0.168. The number of carboxylic acids is 1. The lowest BCUT2D eigenvalue weighted by Crippen LogP contribution is -2.40. The summed E-state index contributed by atoms with van der Waals surface area (Å²) < 4.78 is 10.4. The number of aliphatic carboxylic acids is 1. The Morgan fingerprint density at radius 2 is 2.09 bits per heavy atom. The van der Waals surface area contributed by atoms with Gasteiger partial charge in [0.1, 0.15) is 17.5 Å². The Kier molecular flexibility index (Phi) is 7.66. The summed E-state index contributed by atoms with van der Waals surface area (Å²) in [5, 5.41) is 11.6. The standard InChI is InChI=1S/C17H23NO5/c1-4-5-6-14(17(20)21)18-16(19)10-7-12-11-13(22-2)8-9-15(12)23-3/h4,8-9,11,14H,1,5-7,10H2,2-3H3,(H,18,19)(H,20,21). The van der Waals surface area contributed by atoms with E-state index in [4.69, 9.17) is 14.6 Å². The molecule has 1 amide bonds. The molecule has 0 aliphatic rings. The van der Waals surface area contributed by atoms with Gasteiger partial charge in [-0.05, 0) is 43.0 Å². The minimum Gasteiger partial charge on any atom is -0.497 e. The number of carbonyl (C=O) groups excluding carboxylic acids is 1. The Labute approximate surface area is 136 Å². The van der Waals surface area contributed by atoms with E-state index in [1.165, 1.54) is 0 Å². The van der Waals surface area contributed by atoms with E-state index in [1.54, 1.807) is 38.5 Å². The van der Waals surface area contributed by atoms with Gasteiger partial charge in [-0.2, -0.15) is 0 Å². The average Bonchev–Trinajstić information content (AvgIpc) is 2.56. The SMILES string of the molecule is C=CCCC(NC(=O)CCc1cc(OC)ccc1OC)C(=O)O. The van der Waals surface area contributed by atoms with Crippen LogP contribution in [0.1, 0.15) is 24.8 Å². The van der Waals surface area contributed by atoms with Crippen LogP contribution >= 0.6 is 0 Å². The summed E-state index contributed by atoms with van der Waals surface area (Å²) in [6.07, 6.45) is 3.08. The molecule has 1 aromatic rings. The van der Waals surface area contributed by atoms with Crippen LogP contribution in [0.15, 0.2) is 30.9 Å². The number of rotatable bonds is 10. The van der Waals surface area contributed by atoms with Crippen molar-refractivity contribution in [3.05, 3.63) is 36.4 Å². The molecule has 126 valence electrons. The molecule has 0 bridgehead atoms. The number of hydrogen-bond donors (Lipinski definition) is 2. The number of methoxy groups -OCH3 is 2. The van der Waals surface area contributed by atoms with Gasteiger partial charge in [-0.25, -0.2) is 4.79 Å². The second kappa shape index (κ2) is 9.50. The number of allylic oxidation sites excluding steroid dienone is 1. The van der Waals surface area contributed by atoms with Crippen molar-refractivity contribution >= 4 is 11.9 Å². The fraction of sp³-hybridized carbons (Fsp3) is 0.412. The zero-order valence-electron chi connectivity index (χ0n) is 13.5. The van der Waals surface area contributed by atoms with Crippen molar-refractivity contribution in [3.8, 4) is 11.5 Å². The molecule has 23 heavy (non-hydrogen) atoms. The maximum atomic E-state index is 12.0. The van der Waals surface area contributed by atoms with Crippen LogP contribution in [0.4, 0.5) is 0 Å². The van der Waals surface area contributed by atoms with Crippen LogP contribution in [-0.4, -0.2) is 37.2 Å². The van der Waals surface area contributed by atoms with Gasteiger partial charge in [0, 0.05) is 6.42 Å². The van der Waals surface area contributed by atoms with E-state index in [9.17, 15) is 9.59 Å². The fourth-order valence-electron chi connectivity index (χ4n) is 2.13. The van der Waals surface area contributed by atoms with Crippen molar-refractivity contribution in [2.75, 3.05) is 14.2 Å². The van der Waals surface area contributed by atoms with Crippen molar-refractivity contribution in [1.82, 2.24) is 5.32 Å². The topological polar surface area (TPSA) is 84.9 Å². The first kappa shape index (κ1) is 18.5. The summed E-state index contributed by atoms with van der Waals surface area (Å²) in [7, 11) is 3.12. The lowest BCUT2D eigenvalue weighted by Gasteiger charge is -2.14. The molecule has 2 N–H and O–H groups in total. The summed E-state index contributed by atoms with van der Waals surface area (Å²) in [6.45, 7) is 3.55. The molecule has 6 nitrogen and oxygen atoms in total. The summed E-state index contributed by atoms with van der Waals surface area (Å²) in [4.78, 5) is 23.1. The van der Waals surface area contributed by atoms with E-state index in [0.29, 0.717) is 30.8 Å². The molecular formula is C17H23NO5. The van der Waals surface area contributed by atoms with Gasteiger partial charge in [0.15, 0.2) is 0 Å². The van der Waals surface area contributed by atoms with Crippen molar-refractivity contribution in [1.29, 1.82) is 0 Å². The first-order valence-corrected chi connectivity index (χ1v) is 7.35. The highest BCUT2D eigenvalue weighted by Gasteiger charge is 2.19. The third kappa shape index (κ3) is 6.02. The molecule has 0 aromatic heterocycles. The van der Waals surface area contributed by atoms with Crippen molar-refractivity contribution in [2.45, 2.75) is 31.7 Å². The van der Waals surface area contributed by atoms with Gasteiger partial charge in [0.05, 0.1) is 14.2 Å². The second-order valence-electron chi connectivity index (χ2n) is 5.00. The van der Waals surface area contributed by atoms with Gasteiger partial charge in [-0.1, -0.05) is 6.08 Å². The Morgan fingerprint density at radius 1 is 1.35 bits per heavy atom. The predicted octanol–water partition coefficient (Wildman–Crippen LogP) is 2.17. The van der Waals surface area contributed by atoms with Gasteiger partial charge in [0.25, 0.3) is 0 Å². The first-order valence-electron chi connectivity index (χ1n) is 7.35. The minimum atomic E-state index is -1.04. The molecule has 0 saturated carbocycles. The third-order valence-corrected chi connectivity index (χ3v) is 3.40. The maximum Gasteiger partial charge on any atom is 0.326 e. The normalized spacial score (nSPS) is 11.4. The van der Waals surface area contributed by atoms with Crippen LogP contribution in [0.25, 0.3) is 0 Å². The van der Waals surface area contributed by atoms with E-state index in [1.807, 2.05) is 0 Å². The van der Waals surface area contributed by atoms with E-state index >= 15 is 0 Å². The Hall–Kier alpha value is -2.50. The van der Waals surface area contributed by atoms with Crippen LogP contribution in [-0.2, 0) is 16.0 Å². The van der Waals surface area contributed by atoms with Crippen molar-refractivity contribution in [2.24, 2.45) is 0 Å². The van der Waals surface area contributed by atoms with Gasteiger partial charge in [-0.3, -0.25) is 4.79 Å². The maximum absolute atomic E-state index is 12.0. The smallest absolute Gasteiger partial charge is 0.326 e. The lowest BCUT2D eigenvalue weighted by atomic mass is 10.1. The zero-order valence-corrected chi connectivity index (χ0v) is 13.5. The molecule has 0 aliphatic carbocycles. The molecule has 1 unspecified atom stereocenters. The highest BCUT2D eigenvalue weighted by atomic mass is 16.5. The largest absolute Gasteiger partial charge is 0.497 e. The fourth-order valence-corrected chi connectivity index (χ4v) is 2.13. The zero-order chi connectivity index (χ0) is 17.2. The number of nitrogens with one attached hydrogen (secondary N) is 1. The first-order chi connectivity index (χ1) is 11.0. The number of amides is 1. The molecule has 1 aromatic carbocycles. The Balaban J connectivity index is 2.64. The monoisotopic (exact) mass is 321 g/mol. The average molecular weight is 321 g/mol. The van der Waals surface area contributed by atoms with Gasteiger partial charge >= 0.3 is 5.97 Å². The van der Waals surface area contributed by atoms with Crippen LogP contribution < -0.4 is 14.8 Å². The van der Waals surface area contributed by atoms with Crippen LogP contribution in [0.2, 0.25) is 0 Å². The van der Waals surface area contributed by atoms with Gasteiger partial charge in [0.2, 0.25) is 5.91 Å². The summed E-state index contributed by atoms with van der Waals surface area (Å²) in [6, 6.07) is 4.46. The third-order valence-electron chi connectivity index (χ3n) is 3.40. The van der Waals surface area contributed by atoms with Gasteiger partial charge < -0.3 is 19.9 Å². The van der Waals surface area contributed by atoms with E-state index in [2.05, 4.69) is 11.9 Å². The molecule has 6 heteroatoms. The number of ether oxygens (including phenoxy) is 2. The highest BCUT2D eigenvalue weighted by Crippen LogP contribution is 2.25. The molecule has 1 rings (SSSR count). The van der Waals surface area contributed by atoms with Crippen LogP contribution in [0, 0.1) is 0 Å². The number of carbonyl (C=O) groups is 2. The molecule has 0 fully saturated rings. The van der Waals surface area contributed by atoms with E-state index < -0.39 is 12.0 Å². The molecule has 0 heterocycles. The summed E-state index contributed by atoms with van der Waals surface area (Å²) >= 11 is 0. The van der Waals surface area contributed by atoms with Crippen molar-refractivity contribution in [3.63, 3.8) is 0 Å². The van der Waals surface area contributed by atoms with Crippen molar-refractivity contribution < 1.29 is 24.2 Å². The van der Waals surface area contributed by atoms with E-state index in [0.717, 1.165) is 5.56 Å². The van der Waals surface area contributed by atoms with Crippen LogP contribution in [0.3, 0.4) is 0 Å². The number of aryl methyl sites for hydroxylation is 1. The molecule has 0 aliphatic heterocycles. The predicted molar refractivity (Wildman–Crippen MR) is 86.9 cm³/mol. The highest BCUT2D eigenvalue weighted by molar-refractivity contribution is 5.83. The van der Waals surface area contributed by atoms with Crippen LogP contribution in [0.5, 0.6) is 11.5 Å². The lowest BCUT2D eigenvalue weighted by molar-refractivity contribution is -0.142. The molecule has 1 atom stereocenters. The molecule has 0 spiro atoms. The molecule has 0 saturated heterocycles. The van der Waals surface area contributed by atoms with Gasteiger partial charge in [-0.15, -0.1) is 6.58 Å². The number of hydrogen-bond acceptors (Lipinski definition) is 4. The Bertz CT molecular complexity index is 556. The molecule has 0 radical (unpaired) electrons. The summed E-state index contributed by atoms with van der Waals surface area (Å²) in [5.41, 5.74) is 0.833. The molecular weight excluding hydrogens is 298 g/mol. The summed E-state index contributed by atoms with van der Waals surface area (Å²) in [5.74, 6) is -0.0128. The van der Waals surface area contributed by atoms with E-state index in [-0.39, 0.29) is 12.3 Å².